The maximum absolute atomic E-state index is 11.2. The maximum Gasteiger partial charge on any atom is 0.339 e. The van der Waals surface area contributed by atoms with Crippen molar-refractivity contribution in [2.45, 2.75) is 5.75 Å². The van der Waals surface area contributed by atoms with E-state index >= 15 is 0 Å². The molecule has 0 aromatic carbocycles. The van der Waals surface area contributed by atoms with Gasteiger partial charge >= 0.3 is 5.97 Å². The zero-order chi connectivity index (χ0) is 10.6. The van der Waals surface area contributed by atoms with Gasteiger partial charge in [-0.05, 0) is 10.9 Å². The summed E-state index contributed by atoms with van der Waals surface area (Å²) in [6.45, 7) is 0. The molecule has 0 atom stereocenters. The molecule has 0 fully saturated rings. The highest BCUT2D eigenvalue weighted by atomic mass is 32.2. The van der Waals surface area contributed by atoms with Crippen molar-refractivity contribution < 1.29 is 9.53 Å². The molecule has 0 radical (unpaired) electrons. The molecule has 1 heterocycles. The molecule has 0 bridgehead atoms. The van der Waals surface area contributed by atoms with Crippen LogP contribution in [0.15, 0.2) is 10.8 Å². The van der Waals surface area contributed by atoms with E-state index in [1.165, 1.54) is 30.2 Å². The quantitative estimate of drug-likeness (QED) is 0.470. The smallest absolute Gasteiger partial charge is 0.339 e. The number of nitrogens with one attached hydrogen (secondary N) is 1. The molecule has 6 heteroatoms. The SMILES string of the molecule is COC(=O)c1cscc1CSC(=N)N. The summed E-state index contributed by atoms with van der Waals surface area (Å²) in [5, 5.41) is 10.7. The van der Waals surface area contributed by atoms with Crippen LogP contribution in [0.2, 0.25) is 0 Å². The first kappa shape index (κ1) is 11.1. The van der Waals surface area contributed by atoms with Crippen molar-refractivity contribution in [1.82, 2.24) is 0 Å². The summed E-state index contributed by atoms with van der Waals surface area (Å²) in [6.07, 6.45) is 0. The van der Waals surface area contributed by atoms with Crippen LogP contribution in [0.1, 0.15) is 15.9 Å². The third-order valence-corrected chi connectivity index (χ3v) is 3.09. The van der Waals surface area contributed by atoms with Gasteiger partial charge in [-0.3, -0.25) is 5.41 Å². The fourth-order valence-electron chi connectivity index (χ4n) is 0.880. The number of carbonyl (C=O) groups is 1. The van der Waals surface area contributed by atoms with Gasteiger partial charge in [-0.1, -0.05) is 11.8 Å². The molecule has 3 N–H and O–H groups in total. The van der Waals surface area contributed by atoms with Crippen molar-refractivity contribution >= 4 is 34.2 Å². The number of rotatable bonds is 3. The van der Waals surface area contributed by atoms with Crippen LogP contribution in [-0.4, -0.2) is 18.2 Å². The highest BCUT2D eigenvalue weighted by Crippen LogP contribution is 2.21. The van der Waals surface area contributed by atoms with E-state index < -0.39 is 0 Å². The van der Waals surface area contributed by atoms with Crippen molar-refractivity contribution in [3.63, 3.8) is 0 Å². The monoisotopic (exact) mass is 230 g/mol. The van der Waals surface area contributed by atoms with Crippen LogP contribution in [0.25, 0.3) is 0 Å². The van der Waals surface area contributed by atoms with Gasteiger partial charge in [-0.2, -0.15) is 11.3 Å². The second kappa shape index (κ2) is 5.02. The molecule has 0 amide bonds. The average Bonchev–Trinajstić information content (AvgIpc) is 2.61. The van der Waals surface area contributed by atoms with E-state index in [9.17, 15) is 4.79 Å². The van der Waals surface area contributed by atoms with Crippen molar-refractivity contribution in [2.24, 2.45) is 5.73 Å². The summed E-state index contributed by atoms with van der Waals surface area (Å²) in [4.78, 5) is 11.2. The van der Waals surface area contributed by atoms with Crippen LogP contribution in [0.4, 0.5) is 0 Å². The fourth-order valence-corrected chi connectivity index (χ4v) is 2.36. The lowest BCUT2D eigenvalue weighted by Crippen LogP contribution is -2.06. The lowest BCUT2D eigenvalue weighted by molar-refractivity contribution is 0.0600. The van der Waals surface area contributed by atoms with Crippen LogP contribution in [0.3, 0.4) is 0 Å². The Morgan fingerprint density at radius 1 is 1.71 bits per heavy atom. The Kier molecular flexibility index (Phi) is 3.97. The molecule has 0 aliphatic carbocycles. The highest BCUT2D eigenvalue weighted by Gasteiger charge is 2.12. The summed E-state index contributed by atoms with van der Waals surface area (Å²) in [6, 6.07) is 0. The molecule has 0 unspecified atom stereocenters. The lowest BCUT2D eigenvalue weighted by atomic mass is 10.2. The van der Waals surface area contributed by atoms with Gasteiger partial charge in [0.2, 0.25) is 0 Å². The molecule has 1 aromatic heterocycles. The van der Waals surface area contributed by atoms with E-state index in [-0.39, 0.29) is 11.1 Å². The zero-order valence-electron chi connectivity index (χ0n) is 7.57. The van der Waals surface area contributed by atoms with E-state index in [2.05, 4.69) is 4.74 Å². The number of thioether (sulfide) groups is 1. The molecule has 4 nitrogen and oxygen atoms in total. The van der Waals surface area contributed by atoms with E-state index in [0.717, 1.165) is 5.56 Å². The standard InChI is InChI=1S/C8H10N2O2S2/c1-12-7(11)6-4-13-2-5(6)3-14-8(9)10/h2,4H,3H2,1H3,(H3,9,10). The van der Waals surface area contributed by atoms with E-state index in [1.54, 1.807) is 5.38 Å². The Balaban J connectivity index is 2.72. The average molecular weight is 230 g/mol. The van der Waals surface area contributed by atoms with Crippen LogP contribution < -0.4 is 5.73 Å². The van der Waals surface area contributed by atoms with E-state index in [4.69, 9.17) is 11.1 Å². The Hall–Kier alpha value is -1.01. The summed E-state index contributed by atoms with van der Waals surface area (Å²) in [7, 11) is 1.35. The molecule has 0 aliphatic rings. The summed E-state index contributed by atoms with van der Waals surface area (Å²) < 4.78 is 4.62. The first-order valence-corrected chi connectivity index (χ1v) is 5.68. The maximum atomic E-state index is 11.2. The Morgan fingerprint density at radius 2 is 2.43 bits per heavy atom. The normalized spacial score (nSPS) is 9.79. The molecular formula is C8H10N2O2S2. The van der Waals surface area contributed by atoms with Gasteiger partial charge in [0, 0.05) is 11.1 Å². The summed E-state index contributed by atoms with van der Waals surface area (Å²) in [5.74, 6) is 0.189. The fraction of sp³-hybridized carbons (Fsp3) is 0.250. The molecule has 14 heavy (non-hydrogen) atoms. The minimum Gasteiger partial charge on any atom is -0.465 e. The van der Waals surface area contributed by atoms with E-state index in [0.29, 0.717) is 11.3 Å². The van der Waals surface area contributed by atoms with Crippen LogP contribution in [0.5, 0.6) is 0 Å². The predicted octanol–water partition coefficient (Wildman–Crippen LogP) is 1.66. The number of methoxy groups -OCH3 is 1. The zero-order valence-corrected chi connectivity index (χ0v) is 9.21. The Labute approximate surface area is 90.0 Å². The van der Waals surface area contributed by atoms with Gasteiger partial charge in [-0.15, -0.1) is 0 Å². The number of thiophene rings is 1. The third-order valence-electron chi connectivity index (χ3n) is 1.53. The number of amidine groups is 1. The number of esters is 1. The summed E-state index contributed by atoms with van der Waals surface area (Å²) >= 11 is 2.63. The number of hydrogen-bond donors (Lipinski definition) is 2. The van der Waals surface area contributed by atoms with Crippen LogP contribution >= 0.6 is 23.1 Å². The van der Waals surface area contributed by atoms with E-state index in [1.807, 2.05) is 5.38 Å². The van der Waals surface area contributed by atoms with Gasteiger partial charge < -0.3 is 10.5 Å². The molecule has 0 saturated heterocycles. The van der Waals surface area contributed by atoms with Gasteiger partial charge in [0.15, 0.2) is 5.17 Å². The van der Waals surface area contributed by atoms with Gasteiger partial charge in [0.05, 0.1) is 12.7 Å². The second-order valence-corrected chi connectivity index (χ2v) is 4.22. The third kappa shape index (κ3) is 2.74. The van der Waals surface area contributed by atoms with Crippen molar-refractivity contribution in [3.05, 3.63) is 21.9 Å². The number of nitrogens with two attached hydrogens (primary N) is 1. The first-order chi connectivity index (χ1) is 6.65. The first-order valence-electron chi connectivity index (χ1n) is 3.75. The van der Waals surface area contributed by atoms with Gasteiger partial charge in [0.25, 0.3) is 0 Å². The number of carbonyl (C=O) groups excluding carboxylic acids is 1. The second-order valence-electron chi connectivity index (χ2n) is 2.46. The number of ether oxygens (including phenoxy) is 1. The minimum absolute atomic E-state index is 0.0482. The van der Waals surface area contributed by atoms with Crippen LogP contribution in [0, 0.1) is 5.41 Å². The van der Waals surface area contributed by atoms with Crippen molar-refractivity contribution in [2.75, 3.05) is 7.11 Å². The molecule has 0 saturated carbocycles. The molecule has 76 valence electrons. The Bertz CT molecular complexity index is 349. The molecular weight excluding hydrogens is 220 g/mol. The topological polar surface area (TPSA) is 76.2 Å². The highest BCUT2D eigenvalue weighted by molar-refractivity contribution is 8.13. The largest absolute Gasteiger partial charge is 0.465 e. The molecule has 1 rings (SSSR count). The Morgan fingerprint density at radius 3 is 3.00 bits per heavy atom. The van der Waals surface area contributed by atoms with Gasteiger partial charge in [-0.25, -0.2) is 4.79 Å². The van der Waals surface area contributed by atoms with Crippen LogP contribution in [-0.2, 0) is 10.5 Å². The molecule has 0 spiro atoms. The lowest BCUT2D eigenvalue weighted by Gasteiger charge is -2.00. The van der Waals surface area contributed by atoms with Gasteiger partial charge in [0.1, 0.15) is 0 Å². The molecule has 0 aliphatic heterocycles. The predicted molar refractivity (Wildman–Crippen MR) is 58.9 cm³/mol. The summed E-state index contributed by atoms with van der Waals surface area (Å²) in [5.41, 5.74) is 6.63. The minimum atomic E-state index is -0.342. The number of hydrogen-bond acceptors (Lipinski definition) is 5. The van der Waals surface area contributed by atoms with Crippen molar-refractivity contribution in [1.29, 1.82) is 5.41 Å². The molecule has 1 aromatic rings. The van der Waals surface area contributed by atoms with Crippen molar-refractivity contribution in [3.8, 4) is 0 Å².